The number of benzene rings is 1. The number of aliphatic hydroxyl groups excluding tert-OH is 1. The molecule has 1 aliphatic heterocycles. The lowest BCUT2D eigenvalue weighted by atomic mass is 10.1. The Kier molecular flexibility index (Phi) is 6.53. The zero-order valence-corrected chi connectivity index (χ0v) is 16.4. The van der Waals surface area contributed by atoms with Crippen LogP contribution in [0.5, 0.6) is 5.75 Å². The number of aromatic hydroxyl groups is 1. The number of carboxylic acids is 1. The number of amides is 2. The van der Waals surface area contributed by atoms with E-state index in [-0.39, 0.29) is 23.9 Å². The summed E-state index contributed by atoms with van der Waals surface area (Å²) in [4.78, 5) is 29.7. The van der Waals surface area contributed by atoms with Crippen LogP contribution in [0.15, 0.2) is 28.8 Å². The minimum Gasteiger partial charge on any atom is -0.508 e. The lowest BCUT2D eigenvalue weighted by Gasteiger charge is -2.24. The molecule has 3 unspecified atom stereocenters. The van der Waals surface area contributed by atoms with E-state index in [2.05, 4.69) is 15.5 Å². The van der Waals surface area contributed by atoms with Gasteiger partial charge in [-0.3, -0.25) is 0 Å². The first-order chi connectivity index (χ1) is 14.3. The molecular formula is C19H25N5O6. The third kappa shape index (κ3) is 4.86. The first kappa shape index (κ1) is 21.5. The molecule has 1 aromatic carbocycles. The van der Waals surface area contributed by atoms with Gasteiger partial charge in [0.15, 0.2) is 5.82 Å². The summed E-state index contributed by atoms with van der Waals surface area (Å²) in [5.41, 5.74) is 6.62. The SMILES string of the molecule is CC(O)C(N)c1noc([C@H](Cc2ccc(O)cc2)NC(=O)N2CCCC2C(=O)O)n1. The van der Waals surface area contributed by atoms with E-state index < -0.39 is 36.2 Å². The van der Waals surface area contributed by atoms with Crippen molar-refractivity contribution in [3.8, 4) is 5.75 Å². The van der Waals surface area contributed by atoms with E-state index in [0.29, 0.717) is 19.4 Å². The van der Waals surface area contributed by atoms with Crippen LogP contribution in [0.25, 0.3) is 0 Å². The van der Waals surface area contributed by atoms with Crippen molar-refractivity contribution in [1.82, 2.24) is 20.4 Å². The maximum absolute atomic E-state index is 12.8. The van der Waals surface area contributed by atoms with E-state index >= 15 is 0 Å². The highest BCUT2D eigenvalue weighted by Crippen LogP contribution is 2.23. The molecule has 4 atom stereocenters. The largest absolute Gasteiger partial charge is 0.508 e. The molecule has 11 heteroatoms. The predicted octanol–water partition coefficient (Wildman–Crippen LogP) is 0.698. The number of hydrogen-bond donors (Lipinski definition) is 5. The van der Waals surface area contributed by atoms with Crippen molar-refractivity contribution in [3.05, 3.63) is 41.5 Å². The highest BCUT2D eigenvalue weighted by Gasteiger charge is 2.35. The van der Waals surface area contributed by atoms with Crippen LogP contribution in [-0.2, 0) is 11.2 Å². The van der Waals surface area contributed by atoms with Crippen LogP contribution in [0.3, 0.4) is 0 Å². The lowest BCUT2D eigenvalue weighted by Crippen LogP contribution is -2.47. The molecule has 2 aromatic rings. The van der Waals surface area contributed by atoms with Crippen LogP contribution in [0, 0.1) is 0 Å². The molecule has 30 heavy (non-hydrogen) atoms. The van der Waals surface area contributed by atoms with Gasteiger partial charge in [0, 0.05) is 13.0 Å². The van der Waals surface area contributed by atoms with E-state index in [4.69, 9.17) is 10.3 Å². The molecule has 0 bridgehead atoms. The standard InChI is InChI=1S/C19H25N5O6/c1-10(25)15(20)16-22-17(30-23-16)13(9-11-4-6-12(26)7-5-11)21-19(29)24-8-2-3-14(24)18(27)28/h4-7,10,13-15,25-26H,2-3,8-9,20H2,1H3,(H,21,29)(H,27,28)/t10?,13-,14?,15?/m0/s1. The Morgan fingerprint density at radius 3 is 2.70 bits per heavy atom. The van der Waals surface area contributed by atoms with Gasteiger partial charge in [-0.1, -0.05) is 17.3 Å². The number of nitrogens with two attached hydrogens (primary N) is 1. The average Bonchev–Trinajstić information content (AvgIpc) is 3.38. The number of nitrogens with one attached hydrogen (secondary N) is 1. The number of hydrogen-bond acceptors (Lipinski definition) is 8. The minimum absolute atomic E-state index is 0.0774. The molecule has 0 radical (unpaired) electrons. The average molecular weight is 419 g/mol. The van der Waals surface area contributed by atoms with Crippen molar-refractivity contribution in [1.29, 1.82) is 0 Å². The fraction of sp³-hybridized carbons (Fsp3) is 0.474. The van der Waals surface area contributed by atoms with E-state index in [1.807, 2.05) is 0 Å². The molecule has 1 aromatic heterocycles. The minimum atomic E-state index is -1.05. The molecule has 1 aliphatic rings. The molecule has 2 amide bonds. The van der Waals surface area contributed by atoms with Crippen molar-refractivity contribution in [2.45, 2.75) is 50.4 Å². The summed E-state index contributed by atoms with van der Waals surface area (Å²) < 4.78 is 5.28. The number of nitrogens with zero attached hydrogens (tertiary/aromatic N) is 3. The maximum atomic E-state index is 12.8. The van der Waals surface area contributed by atoms with Crippen LogP contribution in [-0.4, -0.2) is 61.1 Å². The number of carboxylic acid groups (broad SMARTS) is 1. The molecule has 6 N–H and O–H groups in total. The second-order valence-electron chi connectivity index (χ2n) is 7.32. The smallest absolute Gasteiger partial charge is 0.326 e. The van der Waals surface area contributed by atoms with Crippen molar-refractivity contribution >= 4 is 12.0 Å². The summed E-state index contributed by atoms with van der Waals surface area (Å²) in [6, 6.07) is 3.33. The molecule has 162 valence electrons. The Morgan fingerprint density at radius 2 is 2.07 bits per heavy atom. The van der Waals surface area contributed by atoms with Gasteiger partial charge in [-0.15, -0.1) is 0 Å². The zero-order chi connectivity index (χ0) is 21.8. The second kappa shape index (κ2) is 9.09. The van der Waals surface area contributed by atoms with Crippen LogP contribution in [0.2, 0.25) is 0 Å². The number of rotatable bonds is 7. The van der Waals surface area contributed by atoms with Gasteiger partial charge in [-0.05, 0) is 37.5 Å². The van der Waals surface area contributed by atoms with Gasteiger partial charge in [0.1, 0.15) is 17.8 Å². The summed E-state index contributed by atoms with van der Waals surface area (Å²) in [6.07, 6.45) is 0.338. The van der Waals surface area contributed by atoms with Crippen molar-refractivity contribution in [2.24, 2.45) is 5.73 Å². The highest BCUT2D eigenvalue weighted by atomic mass is 16.5. The van der Waals surface area contributed by atoms with Gasteiger partial charge in [0.25, 0.3) is 0 Å². The molecule has 3 rings (SSSR count). The predicted molar refractivity (Wildman–Crippen MR) is 103 cm³/mol. The fourth-order valence-electron chi connectivity index (χ4n) is 3.31. The molecule has 0 spiro atoms. The third-order valence-electron chi connectivity index (χ3n) is 5.05. The molecule has 11 nitrogen and oxygen atoms in total. The number of carbonyl (C=O) groups excluding carboxylic acids is 1. The van der Waals surface area contributed by atoms with Crippen molar-refractivity contribution in [3.63, 3.8) is 0 Å². The fourth-order valence-corrected chi connectivity index (χ4v) is 3.31. The Labute approximate surface area is 172 Å². The number of phenols is 1. The Morgan fingerprint density at radius 1 is 1.37 bits per heavy atom. The summed E-state index contributed by atoms with van der Waals surface area (Å²) in [5.74, 6) is -0.785. The van der Waals surface area contributed by atoms with Crippen molar-refractivity contribution in [2.75, 3.05) is 6.54 Å². The molecular weight excluding hydrogens is 394 g/mol. The monoisotopic (exact) mass is 419 g/mol. The van der Waals surface area contributed by atoms with E-state index in [1.54, 1.807) is 12.1 Å². The first-order valence-corrected chi connectivity index (χ1v) is 9.61. The Balaban J connectivity index is 1.83. The number of carbonyl (C=O) groups is 2. The van der Waals surface area contributed by atoms with Gasteiger partial charge < -0.3 is 35.8 Å². The second-order valence-corrected chi connectivity index (χ2v) is 7.32. The van der Waals surface area contributed by atoms with Crippen LogP contribution in [0.4, 0.5) is 4.79 Å². The number of urea groups is 1. The van der Waals surface area contributed by atoms with E-state index in [9.17, 15) is 24.9 Å². The van der Waals surface area contributed by atoms with Gasteiger partial charge in [0.05, 0.1) is 12.1 Å². The van der Waals surface area contributed by atoms with Gasteiger partial charge in [-0.25, -0.2) is 9.59 Å². The van der Waals surface area contributed by atoms with Gasteiger partial charge in [-0.2, -0.15) is 4.98 Å². The first-order valence-electron chi connectivity index (χ1n) is 9.61. The molecule has 0 saturated carbocycles. The molecule has 0 aliphatic carbocycles. The number of likely N-dealkylation sites (tertiary alicyclic amines) is 1. The van der Waals surface area contributed by atoms with Crippen LogP contribution >= 0.6 is 0 Å². The van der Waals surface area contributed by atoms with Crippen molar-refractivity contribution < 1.29 is 29.4 Å². The maximum Gasteiger partial charge on any atom is 0.326 e. The highest BCUT2D eigenvalue weighted by molar-refractivity contribution is 5.83. The van der Waals surface area contributed by atoms with Crippen LogP contribution < -0.4 is 11.1 Å². The third-order valence-corrected chi connectivity index (χ3v) is 5.05. The van der Waals surface area contributed by atoms with E-state index in [0.717, 1.165) is 5.56 Å². The van der Waals surface area contributed by atoms with Gasteiger partial charge >= 0.3 is 12.0 Å². The Bertz CT molecular complexity index is 884. The normalized spacial score (nSPS) is 19.3. The quantitative estimate of drug-likeness (QED) is 0.432. The summed E-state index contributed by atoms with van der Waals surface area (Å²) in [7, 11) is 0. The lowest BCUT2D eigenvalue weighted by molar-refractivity contribution is -0.141. The molecule has 1 fully saturated rings. The summed E-state index contributed by atoms with van der Waals surface area (Å²) >= 11 is 0. The molecule has 1 saturated heterocycles. The number of phenolic OH excluding ortho intramolecular Hbond substituents is 1. The van der Waals surface area contributed by atoms with Crippen LogP contribution in [0.1, 0.15) is 49.1 Å². The van der Waals surface area contributed by atoms with Gasteiger partial charge in [0.2, 0.25) is 5.89 Å². The summed E-state index contributed by atoms with van der Waals surface area (Å²) in [5, 5.41) is 35.0. The van der Waals surface area contributed by atoms with E-state index in [1.165, 1.54) is 24.0 Å². The summed E-state index contributed by atoms with van der Waals surface area (Å²) in [6.45, 7) is 1.83. The number of aromatic nitrogens is 2. The number of aliphatic carboxylic acids is 1. The molecule has 2 heterocycles. The Hall–Kier alpha value is -3.18. The number of aliphatic hydroxyl groups is 1. The topological polar surface area (TPSA) is 175 Å². The zero-order valence-electron chi connectivity index (χ0n) is 16.4.